The number of hydrogen-bond acceptors (Lipinski definition) is 8. The van der Waals surface area contributed by atoms with Crippen LogP contribution in [0, 0.1) is 31.9 Å². The summed E-state index contributed by atoms with van der Waals surface area (Å²) >= 11 is 3.87. The van der Waals surface area contributed by atoms with Crippen LogP contribution in [-0.2, 0) is 4.79 Å². The molecule has 0 atom stereocenters. The van der Waals surface area contributed by atoms with E-state index >= 15 is 0 Å². The Bertz CT molecular complexity index is 980. The topological polar surface area (TPSA) is 156 Å². The number of halogens is 7. The minimum absolute atomic E-state index is 0. The molecule has 18 heteroatoms. The molecule has 0 aliphatic carbocycles. The van der Waals surface area contributed by atoms with Crippen LogP contribution in [0.2, 0.25) is 0 Å². The fourth-order valence-corrected chi connectivity index (χ4v) is 1.48. The number of benzene rings is 2. The molecule has 33 heavy (non-hydrogen) atoms. The maximum Gasteiger partial charge on any atom is 1.00 e. The first-order valence-corrected chi connectivity index (χ1v) is 7.73. The van der Waals surface area contributed by atoms with Gasteiger partial charge in [0, 0.05) is 24.3 Å². The number of aliphatic carboxylic acids is 1. The van der Waals surface area contributed by atoms with Gasteiger partial charge in [-0.3, -0.25) is 20.2 Å². The second kappa shape index (κ2) is 14.4. The van der Waals surface area contributed by atoms with E-state index in [0.29, 0.717) is 12.1 Å². The third-order valence-electron chi connectivity index (χ3n) is 2.70. The van der Waals surface area contributed by atoms with Gasteiger partial charge in [-0.05, 0) is 23.7 Å². The molecule has 0 unspecified atom stereocenters. The van der Waals surface area contributed by atoms with Crippen molar-refractivity contribution in [3.8, 4) is 11.5 Å². The number of carboxylic acids is 1. The number of phenolic OH excluding ortho intramolecular Hbond substituents is 1. The van der Waals surface area contributed by atoms with Crippen molar-refractivity contribution >= 4 is 28.9 Å². The van der Waals surface area contributed by atoms with Crippen LogP contribution in [0.25, 0.3) is 0 Å². The molecule has 0 saturated heterocycles. The number of alkyl halides is 5. The summed E-state index contributed by atoms with van der Waals surface area (Å²) in [5.41, 5.74) is -1.20. The molecule has 0 amide bonds. The van der Waals surface area contributed by atoms with E-state index in [1.807, 2.05) is 0 Å². The Balaban J connectivity index is 0. The molecule has 0 spiro atoms. The molecule has 0 saturated carbocycles. The van der Waals surface area contributed by atoms with E-state index in [0.717, 1.165) is 24.3 Å². The van der Waals surface area contributed by atoms with Crippen molar-refractivity contribution in [1.82, 2.24) is 0 Å². The molecule has 0 radical (unpaired) electrons. The van der Waals surface area contributed by atoms with Gasteiger partial charge in [0.05, 0.1) is 9.85 Å². The van der Waals surface area contributed by atoms with Crippen molar-refractivity contribution in [3.05, 3.63) is 68.3 Å². The van der Waals surface area contributed by atoms with Crippen LogP contribution < -0.4 is 39.4 Å². The number of hydrogen-bond donors (Lipinski definition) is 1. The van der Waals surface area contributed by atoms with Crippen molar-refractivity contribution in [2.45, 2.75) is 12.0 Å². The number of carbonyl (C=O) groups is 1. The predicted octanol–water partition coefficient (Wildman–Crippen LogP) is 0.347. The van der Waals surface area contributed by atoms with Crippen LogP contribution in [0.15, 0.2) is 36.4 Å². The molecule has 2 rings (SSSR count). The molecule has 0 aromatic heterocycles. The van der Waals surface area contributed by atoms with Crippen LogP contribution in [0.3, 0.4) is 0 Å². The van der Waals surface area contributed by atoms with E-state index in [1.165, 1.54) is 0 Å². The molecular formula is C15H8ClF6N2NaO8. The number of carbonyl (C=O) groups excluding carboxylic acids is 1. The Hall–Kier alpha value is -2.82. The van der Waals surface area contributed by atoms with E-state index in [9.17, 15) is 46.6 Å². The van der Waals surface area contributed by atoms with Gasteiger partial charge in [0.2, 0.25) is 5.75 Å². The smallest absolute Gasteiger partial charge is 0.543 e. The average molecular weight is 517 g/mol. The zero-order chi connectivity index (χ0) is 25.2. The maximum atomic E-state index is 12.5. The number of aromatic hydroxyl groups is 1. The van der Waals surface area contributed by atoms with E-state index in [-0.39, 0.29) is 29.6 Å². The van der Waals surface area contributed by atoms with Crippen LogP contribution in [0.5, 0.6) is 11.5 Å². The molecular weight excluding hydrogens is 509 g/mol. The van der Waals surface area contributed by atoms with Crippen LogP contribution in [0.1, 0.15) is 0 Å². The van der Waals surface area contributed by atoms with Crippen molar-refractivity contribution in [1.29, 1.82) is 0 Å². The number of nitro benzene ring substituents is 2. The second-order valence-electron chi connectivity index (χ2n) is 4.92. The van der Waals surface area contributed by atoms with Gasteiger partial charge in [0.1, 0.15) is 17.6 Å². The summed E-state index contributed by atoms with van der Waals surface area (Å²) in [4.78, 5) is 27.6. The van der Waals surface area contributed by atoms with Gasteiger partial charge in [-0.1, -0.05) is 0 Å². The van der Waals surface area contributed by atoms with Gasteiger partial charge in [-0.25, -0.2) is 8.78 Å². The Kier molecular flexibility index (Phi) is 14.1. The molecule has 2 aromatic rings. The summed E-state index contributed by atoms with van der Waals surface area (Å²) in [6.07, 6.45) is 0. The SMILES string of the molecule is O=C([O-])C(F)(F)Cl.O=[N+]([O-])c1ccc(F)cc1O.O=[N+]([O-])c1ccc(F)cc1OC(F)F.[Na+]. The molecule has 10 nitrogen and oxygen atoms in total. The fraction of sp³-hybridized carbons (Fsp3) is 0.133. The van der Waals surface area contributed by atoms with Gasteiger partial charge in [0.15, 0.2) is 5.75 Å². The quantitative estimate of drug-likeness (QED) is 0.196. The predicted molar refractivity (Wildman–Crippen MR) is 90.2 cm³/mol. The number of phenols is 1. The minimum Gasteiger partial charge on any atom is -0.543 e. The number of nitro groups is 2. The Morgan fingerprint density at radius 3 is 1.73 bits per heavy atom. The van der Waals surface area contributed by atoms with Crippen molar-refractivity contribution in [2.24, 2.45) is 0 Å². The first-order valence-electron chi connectivity index (χ1n) is 7.36. The average Bonchev–Trinajstić information content (AvgIpc) is 2.60. The van der Waals surface area contributed by atoms with E-state index < -0.39 is 62.3 Å². The first-order chi connectivity index (χ1) is 14.6. The third kappa shape index (κ3) is 12.7. The molecule has 0 bridgehead atoms. The van der Waals surface area contributed by atoms with Gasteiger partial charge < -0.3 is 19.7 Å². The molecule has 0 aliphatic heterocycles. The summed E-state index contributed by atoms with van der Waals surface area (Å²) in [6, 6.07) is 4.59. The maximum absolute atomic E-state index is 12.5. The summed E-state index contributed by atoms with van der Waals surface area (Å²) < 4.78 is 73.9. The standard InChI is InChI=1S/C7H4F3NO3.C6H4FNO3.C2HClF2O2.Na/c8-4-1-2-5(11(12)13)6(3-4)14-7(9)10;7-4-1-2-5(8(10)11)6(9)3-4;3-2(4,5)1(6)7;/h1-3,7H;1-3,9H;(H,6,7);/q;;;+1/p-1. The second-order valence-corrected chi connectivity index (χ2v) is 5.40. The molecule has 1 N–H and O–H groups in total. The number of rotatable bonds is 5. The molecule has 176 valence electrons. The zero-order valence-electron chi connectivity index (χ0n) is 15.9. The Morgan fingerprint density at radius 1 is 1.00 bits per heavy atom. The van der Waals surface area contributed by atoms with Crippen molar-refractivity contribution < 1.29 is 85.5 Å². The largest absolute Gasteiger partial charge is 1.00 e. The van der Waals surface area contributed by atoms with Gasteiger partial charge in [-0.15, -0.1) is 0 Å². The molecule has 0 aliphatic rings. The van der Waals surface area contributed by atoms with E-state index in [2.05, 4.69) is 16.3 Å². The van der Waals surface area contributed by atoms with Crippen molar-refractivity contribution in [2.75, 3.05) is 0 Å². The van der Waals surface area contributed by atoms with Gasteiger partial charge >= 0.3 is 52.9 Å². The monoisotopic (exact) mass is 516 g/mol. The van der Waals surface area contributed by atoms with E-state index in [1.54, 1.807) is 0 Å². The molecule has 0 heterocycles. The summed E-state index contributed by atoms with van der Waals surface area (Å²) in [6.45, 7) is -3.23. The molecule has 2 aromatic carbocycles. The minimum atomic E-state index is -4.22. The molecule has 0 fully saturated rings. The first kappa shape index (κ1) is 32.4. The van der Waals surface area contributed by atoms with E-state index in [4.69, 9.17) is 15.0 Å². The van der Waals surface area contributed by atoms with Crippen LogP contribution in [0.4, 0.5) is 37.7 Å². The number of ether oxygens (including phenoxy) is 1. The van der Waals surface area contributed by atoms with Crippen LogP contribution >= 0.6 is 11.6 Å². The summed E-state index contributed by atoms with van der Waals surface area (Å²) in [5.74, 6) is -5.60. The van der Waals surface area contributed by atoms with Crippen LogP contribution in [-0.4, -0.2) is 32.9 Å². The Labute approximate surface area is 205 Å². The Morgan fingerprint density at radius 2 is 1.39 bits per heavy atom. The summed E-state index contributed by atoms with van der Waals surface area (Å²) in [5, 5.41) is 33.9. The zero-order valence-corrected chi connectivity index (χ0v) is 18.6. The van der Waals surface area contributed by atoms with Gasteiger partial charge in [0.25, 0.3) is 0 Å². The normalized spacial score (nSPS) is 9.94. The fourth-order valence-electron chi connectivity index (χ4n) is 1.48. The number of nitrogens with zero attached hydrogens (tertiary/aromatic N) is 2. The van der Waals surface area contributed by atoms with Gasteiger partial charge in [-0.2, -0.15) is 17.6 Å². The third-order valence-corrected chi connectivity index (χ3v) is 2.85. The number of carboxylic acid groups (broad SMARTS) is 1. The summed E-state index contributed by atoms with van der Waals surface area (Å²) in [7, 11) is 0. The van der Waals surface area contributed by atoms with Crippen molar-refractivity contribution in [3.63, 3.8) is 0 Å².